The standard InChI is InChI=1S/C31H45NS/c1-23(2)33(6,7)30-13-12-27(21-25(30)4)26(5)32-18-16-31(17-19-32)15-14-28-20-24(3)10-8-9-11-29(28)22-31/h10-13,20-21,23H,5,8-9,14-19,22H2,1-4,6-7H3/b24-10-,28-20?,29-11?. The Morgan fingerprint density at radius 2 is 1.70 bits per heavy atom. The predicted molar refractivity (Wildman–Crippen MR) is 149 cm³/mol. The third kappa shape index (κ3) is 5.06. The fourth-order valence-corrected chi connectivity index (χ4v) is 7.79. The molecular weight excluding hydrogens is 418 g/mol. The van der Waals surface area contributed by atoms with E-state index in [4.69, 9.17) is 0 Å². The maximum absolute atomic E-state index is 4.55. The van der Waals surface area contributed by atoms with Gasteiger partial charge in [0.1, 0.15) is 0 Å². The molecule has 0 radical (unpaired) electrons. The second-order valence-corrected chi connectivity index (χ2v) is 15.7. The van der Waals surface area contributed by atoms with E-state index in [2.05, 4.69) is 88.1 Å². The summed E-state index contributed by atoms with van der Waals surface area (Å²) in [7, 11) is -0.768. The van der Waals surface area contributed by atoms with Crippen molar-refractivity contribution >= 4 is 15.7 Å². The minimum atomic E-state index is -0.768. The van der Waals surface area contributed by atoms with Crippen molar-refractivity contribution in [2.45, 2.75) is 82.8 Å². The maximum atomic E-state index is 4.55. The second-order valence-electron chi connectivity index (χ2n) is 11.5. The van der Waals surface area contributed by atoms with E-state index in [0.717, 1.165) is 13.1 Å². The van der Waals surface area contributed by atoms with Crippen molar-refractivity contribution in [1.82, 2.24) is 4.90 Å². The Hall–Kier alpha value is -1.67. The number of hydrogen-bond donors (Lipinski definition) is 0. The fourth-order valence-electron chi connectivity index (χ4n) is 5.97. The van der Waals surface area contributed by atoms with E-state index in [1.807, 2.05) is 0 Å². The number of nitrogens with zero attached hydrogens (tertiary/aromatic N) is 1. The van der Waals surface area contributed by atoms with Crippen molar-refractivity contribution in [3.63, 3.8) is 0 Å². The van der Waals surface area contributed by atoms with Gasteiger partial charge in [0.25, 0.3) is 0 Å². The van der Waals surface area contributed by atoms with Gasteiger partial charge in [-0.05, 0) is 121 Å². The van der Waals surface area contributed by atoms with Crippen molar-refractivity contribution in [3.8, 4) is 0 Å². The average Bonchev–Trinajstić information content (AvgIpc) is 2.77. The van der Waals surface area contributed by atoms with Gasteiger partial charge in [-0.25, -0.2) is 10.0 Å². The summed E-state index contributed by atoms with van der Waals surface area (Å²) in [4.78, 5) is 4.11. The van der Waals surface area contributed by atoms with Crippen LogP contribution in [0.1, 0.15) is 76.8 Å². The minimum absolute atomic E-state index is 0.501. The summed E-state index contributed by atoms with van der Waals surface area (Å²) < 4.78 is 0. The van der Waals surface area contributed by atoms with Crippen LogP contribution in [0.2, 0.25) is 0 Å². The van der Waals surface area contributed by atoms with Gasteiger partial charge in [0.15, 0.2) is 0 Å². The van der Waals surface area contributed by atoms with Crippen LogP contribution in [-0.2, 0) is 0 Å². The van der Waals surface area contributed by atoms with Crippen LogP contribution in [-0.4, -0.2) is 35.8 Å². The third-order valence-electron chi connectivity index (χ3n) is 8.79. The van der Waals surface area contributed by atoms with Gasteiger partial charge in [-0.2, -0.15) is 0 Å². The molecule has 4 rings (SSSR count). The highest BCUT2D eigenvalue weighted by Gasteiger charge is 2.39. The Labute approximate surface area is 205 Å². The van der Waals surface area contributed by atoms with Crippen LogP contribution in [0.3, 0.4) is 0 Å². The quantitative estimate of drug-likeness (QED) is 0.432. The summed E-state index contributed by atoms with van der Waals surface area (Å²) in [5.74, 6) is 0. The van der Waals surface area contributed by atoms with Crippen LogP contribution in [0.25, 0.3) is 5.70 Å². The molecule has 0 bridgehead atoms. The molecule has 0 aromatic heterocycles. The van der Waals surface area contributed by atoms with Crippen molar-refractivity contribution in [2.75, 3.05) is 25.6 Å². The number of fused-ring (bicyclic) bond motifs is 1. The summed E-state index contributed by atoms with van der Waals surface area (Å²) >= 11 is 0. The van der Waals surface area contributed by atoms with Crippen molar-refractivity contribution in [2.24, 2.45) is 5.41 Å². The molecule has 3 aliphatic rings. The molecule has 1 saturated carbocycles. The number of benzene rings is 1. The number of rotatable bonds is 4. The highest BCUT2D eigenvalue weighted by molar-refractivity contribution is 8.33. The van der Waals surface area contributed by atoms with Gasteiger partial charge in [0.2, 0.25) is 0 Å². The fraction of sp³-hybridized carbons (Fsp3) is 0.548. The first-order valence-electron chi connectivity index (χ1n) is 13.0. The van der Waals surface area contributed by atoms with Crippen LogP contribution in [0.5, 0.6) is 0 Å². The van der Waals surface area contributed by atoms with Crippen LogP contribution in [0.4, 0.5) is 0 Å². The molecular formula is C31H45NS. The molecule has 2 heteroatoms. The maximum Gasteiger partial charge on any atom is 0.0366 e. The molecule has 2 fully saturated rings. The molecule has 33 heavy (non-hydrogen) atoms. The topological polar surface area (TPSA) is 3.24 Å². The molecule has 0 amide bonds. The molecule has 0 unspecified atom stereocenters. The van der Waals surface area contributed by atoms with Crippen LogP contribution < -0.4 is 0 Å². The lowest BCUT2D eigenvalue weighted by atomic mass is 9.64. The lowest BCUT2D eigenvalue weighted by Gasteiger charge is -2.47. The van der Waals surface area contributed by atoms with Gasteiger partial charge in [-0.1, -0.05) is 50.3 Å². The van der Waals surface area contributed by atoms with Crippen LogP contribution in [0, 0.1) is 12.3 Å². The zero-order chi connectivity index (χ0) is 23.8. The molecule has 1 heterocycles. The first-order chi connectivity index (χ1) is 15.6. The largest absolute Gasteiger partial charge is 0.371 e. The van der Waals surface area contributed by atoms with E-state index in [0.29, 0.717) is 10.7 Å². The summed E-state index contributed by atoms with van der Waals surface area (Å²) in [5, 5.41) is 0.697. The molecule has 1 aliphatic heterocycles. The zero-order valence-electron chi connectivity index (χ0n) is 22.0. The number of hydrogen-bond acceptors (Lipinski definition) is 1. The Balaban J connectivity index is 1.43. The molecule has 1 saturated heterocycles. The second kappa shape index (κ2) is 9.53. The summed E-state index contributed by atoms with van der Waals surface area (Å²) in [6.07, 6.45) is 21.2. The summed E-state index contributed by atoms with van der Waals surface area (Å²) in [6, 6.07) is 7.12. The van der Waals surface area contributed by atoms with Crippen molar-refractivity contribution in [3.05, 3.63) is 70.9 Å². The monoisotopic (exact) mass is 463 g/mol. The molecule has 2 aliphatic carbocycles. The smallest absolute Gasteiger partial charge is 0.0366 e. The van der Waals surface area contributed by atoms with Crippen molar-refractivity contribution in [1.29, 1.82) is 0 Å². The van der Waals surface area contributed by atoms with Gasteiger partial charge in [0, 0.05) is 18.8 Å². The highest BCUT2D eigenvalue weighted by atomic mass is 32.3. The SMILES string of the molecule is C=C(c1ccc(S(C)(C)C(C)C)c(C)c1)N1CCC2(CCC3=C/C(C)=C\CCC=C3C2)CC1. The Kier molecular flexibility index (Phi) is 7.06. The molecule has 1 aromatic carbocycles. The highest BCUT2D eigenvalue weighted by Crippen LogP contribution is 2.55. The Morgan fingerprint density at radius 3 is 2.36 bits per heavy atom. The lowest BCUT2D eigenvalue weighted by Crippen LogP contribution is -2.40. The van der Waals surface area contributed by atoms with E-state index in [-0.39, 0.29) is 0 Å². The number of likely N-dealkylation sites (tertiary alicyclic amines) is 1. The van der Waals surface area contributed by atoms with Gasteiger partial charge < -0.3 is 4.90 Å². The summed E-state index contributed by atoms with van der Waals surface area (Å²) in [5.41, 5.74) is 9.19. The van der Waals surface area contributed by atoms with E-state index < -0.39 is 10.0 Å². The first-order valence-corrected chi connectivity index (χ1v) is 15.5. The van der Waals surface area contributed by atoms with E-state index >= 15 is 0 Å². The summed E-state index contributed by atoms with van der Waals surface area (Å²) in [6.45, 7) is 16.1. The Bertz CT molecular complexity index is 996. The molecule has 1 spiro atoms. The van der Waals surface area contributed by atoms with E-state index in [1.165, 1.54) is 67.3 Å². The normalized spacial score (nSPS) is 23.1. The van der Waals surface area contributed by atoms with Gasteiger partial charge in [-0.3, -0.25) is 0 Å². The van der Waals surface area contributed by atoms with Gasteiger partial charge in [0.05, 0.1) is 0 Å². The van der Waals surface area contributed by atoms with E-state index in [1.54, 1.807) is 16.0 Å². The minimum Gasteiger partial charge on any atom is -0.371 e. The lowest BCUT2D eigenvalue weighted by molar-refractivity contribution is 0.122. The zero-order valence-corrected chi connectivity index (χ0v) is 22.8. The molecule has 1 aromatic rings. The number of allylic oxidation sites excluding steroid dienone is 6. The molecule has 0 atom stereocenters. The predicted octanol–water partition coefficient (Wildman–Crippen LogP) is 8.66. The molecule has 180 valence electrons. The van der Waals surface area contributed by atoms with Crippen molar-refractivity contribution < 1.29 is 0 Å². The third-order valence-corrected chi connectivity index (χ3v) is 12.7. The van der Waals surface area contributed by atoms with Crippen LogP contribution >= 0.6 is 10.0 Å². The number of piperidine rings is 1. The van der Waals surface area contributed by atoms with Crippen LogP contribution in [0.15, 0.2) is 64.6 Å². The van der Waals surface area contributed by atoms with E-state index in [9.17, 15) is 0 Å². The van der Waals surface area contributed by atoms with Gasteiger partial charge >= 0.3 is 0 Å². The Morgan fingerprint density at radius 1 is 1.00 bits per heavy atom. The average molecular weight is 464 g/mol. The number of aryl methyl sites for hydroxylation is 1. The first kappa shape index (κ1) is 24.5. The van der Waals surface area contributed by atoms with Gasteiger partial charge in [-0.15, -0.1) is 0 Å². The molecule has 0 N–H and O–H groups in total. The molecule has 1 nitrogen and oxygen atoms in total.